The molecule has 0 atom stereocenters. The van der Waals surface area contributed by atoms with E-state index >= 15 is 0 Å². The molecule has 2 aromatic heterocycles. The van der Waals surface area contributed by atoms with Crippen LogP contribution in [0.1, 0.15) is 96.3 Å². The fourth-order valence-electron chi connectivity index (χ4n) is 4.08. The lowest BCUT2D eigenvalue weighted by molar-refractivity contribution is -0.685. The first-order valence-corrected chi connectivity index (χ1v) is 16.6. The second-order valence-electron chi connectivity index (χ2n) is 11.9. The number of halogens is 14. The van der Waals surface area contributed by atoms with E-state index in [9.17, 15) is 81.3 Å². The summed E-state index contributed by atoms with van der Waals surface area (Å²) in [5.74, 6) is -32.0. The molecule has 0 saturated heterocycles. The van der Waals surface area contributed by atoms with Crippen LogP contribution in [-0.2, 0) is 49.5 Å². The van der Waals surface area contributed by atoms with E-state index in [1.54, 1.807) is 5.69 Å². The van der Waals surface area contributed by atoms with E-state index < -0.39 is 48.0 Å². The molecule has 316 valence electrons. The second-order valence-corrected chi connectivity index (χ2v) is 11.9. The van der Waals surface area contributed by atoms with Crippen LogP contribution in [0.2, 0.25) is 0 Å². The van der Waals surface area contributed by atoms with E-state index in [4.69, 9.17) is 0 Å². The van der Waals surface area contributed by atoms with Crippen LogP contribution in [0.15, 0.2) is 18.7 Å². The van der Waals surface area contributed by atoms with Crippen molar-refractivity contribution >= 4 is 11.9 Å². The van der Waals surface area contributed by atoms with Crippen LogP contribution < -0.4 is 19.3 Å². The molecule has 0 fully saturated rings. The van der Waals surface area contributed by atoms with Crippen molar-refractivity contribution in [3.05, 3.63) is 35.9 Å². The Bertz CT molecular complexity index is 1360. The average molecular weight is 817 g/mol. The minimum Gasteiger partial charge on any atom is -0.544 e. The Balaban J connectivity index is 0. The molecule has 22 heteroatoms. The third kappa shape index (κ3) is 14.9. The van der Waals surface area contributed by atoms with E-state index in [0.717, 1.165) is 6.54 Å². The van der Waals surface area contributed by atoms with Gasteiger partial charge in [0.05, 0.1) is 20.6 Å². The first-order chi connectivity index (χ1) is 24.5. The van der Waals surface area contributed by atoms with E-state index in [0.29, 0.717) is 0 Å². The highest BCUT2D eigenvalue weighted by Gasteiger charge is 2.74. The highest BCUT2D eigenvalue weighted by atomic mass is 19.4. The standard InChI is InChI=1S/C16H30N2.C8H15N2.2C4HF7O2/c1-5-8-11-14-15(12-9-6-2)18(4)16(17-14)13-10-7-3;1-3-4-5-10-7-6-9(2)8-10;2*5-2(6,1(12)13)3(7,8)4(9,10)11/h5-13H2,1-4H3;6-8H,3-5H2,1-2H3;2*(H,12,13)/q;+1;;/p-1. The monoisotopic (exact) mass is 816 g/mol. The number of carboxylic acid groups (broad SMARTS) is 2. The number of carbonyl (C=O) groups is 2. The minimum absolute atomic E-state index is 1.15. The summed E-state index contributed by atoms with van der Waals surface area (Å²) in [5, 5.41) is 18.5. The number of hydrogen-bond donors (Lipinski definition) is 1. The molecule has 2 rings (SSSR count). The van der Waals surface area contributed by atoms with Gasteiger partial charge in [-0.25, -0.2) is 18.7 Å². The van der Waals surface area contributed by atoms with E-state index in [2.05, 4.69) is 72.1 Å². The van der Waals surface area contributed by atoms with Gasteiger partial charge in [-0.1, -0.05) is 53.4 Å². The lowest BCUT2D eigenvalue weighted by Crippen LogP contribution is -2.60. The molecule has 0 bridgehead atoms. The van der Waals surface area contributed by atoms with Crippen LogP contribution in [0, 0.1) is 0 Å². The van der Waals surface area contributed by atoms with Gasteiger partial charge in [0.15, 0.2) is 0 Å². The third-order valence-corrected chi connectivity index (χ3v) is 7.37. The number of aromatic nitrogens is 4. The van der Waals surface area contributed by atoms with E-state index in [1.807, 2.05) is 7.05 Å². The fraction of sp³-hybridized carbons (Fsp3) is 0.750. The number of H-pyrrole nitrogens is 1. The number of carbonyl (C=O) groups excluding carboxylic acids is 2. The number of alkyl halides is 14. The van der Waals surface area contributed by atoms with Crippen LogP contribution in [0.5, 0.6) is 0 Å². The van der Waals surface area contributed by atoms with Crippen LogP contribution >= 0.6 is 0 Å². The largest absolute Gasteiger partial charge is 0.544 e. The third-order valence-electron chi connectivity index (χ3n) is 7.37. The number of carboxylic acids is 2. The molecule has 0 aliphatic rings. The smallest absolute Gasteiger partial charge is 0.460 e. The summed E-state index contributed by atoms with van der Waals surface area (Å²) in [6.07, 6.45) is 6.89. The minimum atomic E-state index is -6.64. The summed E-state index contributed by atoms with van der Waals surface area (Å²) in [6.45, 7) is 10.2. The molecule has 0 saturated carbocycles. The van der Waals surface area contributed by atoms with Gasteiger partial charge in [0.25, 0.3) is 5.82 Å². The van der Waals surface area contributed by atoms with Crippen molar-refractivity contribution in [1.29, 1.82) is 0 Å². The number of rotatable bonds is 16. The number of nitrogens with zero attached hydrogens (tertiary/aromatic N) is 3. The number of nitrogens with one attached hydrogen (secondary N) is 1. The molecule has 0 aromatic carbocycles. The Morgan fingerprint density at radius 2 is 1.04 bits per heavy atom. The van der Waals surface area contributed by atoms with Gasteiger partial charge in [-0.3, -0.25) is 0 Å². The van der Waals surface area contributed by atoms with Crippen LogP contribution in [0.25, 0.3) is 0 Å². The zero-order valence-electron chi connectivity index (χ0n) is 30.5. The van der Waals surface area contributed by atoms with Gasteiger partial charge in [-0.2, -0.15) is 61.5 Å². The van der Waals surface area contributed by atoms with Crippen molar-refractivity contribution < 1.29 is 90.4 Å². The molecule has 8 nitrogen and oxygen atoms in total. The number of unbranched alkanes of at least 4 members (excludes halogenated alkanes) is 4. The van der Waals surface area contributed by atoms with Gasteiger partial charge in [0, 0.05) is 19.3 Å². The number of imidazole rings is 2. The van der Waals surface area contributed by atoms with Crippen molar-refractivity contribution in [3.8, 4) is 0 Å². The molecule has 1 N–H and O–H groups in total. The second kappa shape index (κ2) is 22.1. The molecule has 2 aromatic rings. The topological polar surface area (TPSA) is 109 Å². The number of aliphatic carboxylic acids is 2. The quantitative estimate of drug-likeness (QED) is 0.163. The van der Waals surface area contributed by atoms with Crippen molar-refractivity contribution in [3.63, 3.8) is 0 Å². The maximum Gasteiger partial charge on any atom is 0.460 e. The number of aromatic amines is 1. The zero-order chi connectivity index (χ0) is 42.9. The van der Waals surface area contributed by atoms with Gasteiger partial charge in [-0.05, 0) is 25.7 Å². The van der Waals surface area contributed by atoms with Crippen molar-refractivity contribution in [2.75, 3.05) is 0 Å². The Morgan fingerprint density at radius 3 is 1.35 bits per heavy atom. The summed E-state index contributed by atoms with van der Waals surface area (Å²) >= 11 is 0. The average Bonchev–Trinajstić information content (AvgIpc) is 3.61. The van der Waals surface area contributed by atoms with E-state index in [-0.39, 0.29) is 0 Å². The first kappa shape index (κ1) is 52.5. The molecule has 0 aliphatic heterocycles. The Morgan fingerprint density at radius 1 is 0.648 bits per heavy atom. The summed E-state index contributed by atoms with van der Waals surface area (Å²) in [5.41, 5.74) is 3.05. The zero-order valence-corrected chi connectivity index (χ0v) is 30.5. The molecule has 0 amide bonds. The number of hydrogen-bond acceptors (Lipinski definition) is 4. The maximum atomic E-state index is 11.7. The molecule has 2 heterocycles. The van der Waals surface area contributed by atoms with Crippen LogP contribution in [-0.4, -0.2) is 57.5 Å². The van der Waals surface area contributed by atoms with Crippen LogP contribution in [0.4, 0.5) is 61.5 Å². The molecule has 0 unspecified atom stereocenters. The SMILES string of the molecule is CCCCc1[nH]c(CCCC)[n+](C)c1CCCC.CCCCn1cc[n+](C)c1.O=C([O-])C(F)(F)C(F)(F)C(F)(F)F.O=C([O-])C(F)(F)C(F)(F)C(F)(F)F. The van der Waals surface area contributed by atoms with Gasteiger partial charge in [-0.15, -0.1) is 0 Å². The van der Waals surface area contributed by atoms with Crippen molar-refractivity contribution in [2.45, 2.75) is 141 Å². The van der Waals surface area contributed by atoms with Gasteiger partial charge in [0.1, 0.15) is 35.7 Å². The normalized spacial score (nSPS) is 12.5. The van der Waals surface area contributed by atoms with Gasteiger partial charge < -0.3 is 19.8 Å². The molecule has 0 radical (unpaired) electrons. The predicted molar refractivity (Wildman–Crippen MR) is 160 cm³/mol. The summed E-state index contributed by atoms with van der Waals surface area (Å²) in [4.78, 5) is 22.2. The summed E-state index contributed by atoms with van der Waals surface area (Å²) < 4.78 is 167. The maximum absolute atomic E-state index is 11.7. The van der Waals surface area contributed by atoms with Crippen molar-refractivity contribution in [1.82, 2.24) is 9.55 Å². The molecular weight excluding hydrogens is 770 g/mol. The Hall–Kier alpha value is -3.62. The first-order valence-electron chi connectivity index (χ1n) is 16.6. The van der Waals surface area contributed by atoms with Crippen molar-refractivity contribution in [2.24, 2.45) is 14.1 Å². The summed E-state index contributed by atoms with van der Waals surface area (Å²) in [7, 11) is 4.28. The molecule has 54 heavy (non-hydrogen) atoms. The highest BCUT2D eigenvalue weighted by molar-refractivity contribution is 5.75. The van der Waals surface area contributed by atoms with Crippen LogP contribution in [0.3, 0.4) is 0 Å². The lowest BCUT2D eigenvalue weighted by Gasteiger charge is -2.28. The molecule has 0 aliphatic carbocycles. The summed E-state index contributed by atoms with van der Waals surface area (Å²) in [6, 6.07) is 0. The fourth-order valence-corrected chi connectivity index (χ4v) is 4.08. The lowest BCUT2D eigenvalue weighted by atomic mass is 10.1. The molecule has 0 spiro atoms. The highest BCUT2D eigenvalue weighted by Crippen LogP contribution is 2.47. The Kier molecular flexibility index (Phi) is 21.4. The Labute approximate surface area is 303 Å². The molecular formula is C32H46F14N4O4. The van der Waals surface area contributed by atoms with Gasteiger partial charge >= 0.3 is 36.0 Å². The predicted octanol–water partition coefficient (Wildman–Crippen LogP) is 6.12. The van der Waals surface area contributed by atoms with E-state index in [1.165, 1.54) is 82.1 Å². The number of aryl methyl sites for hydroxylation is 4. The van der Waals surface area contributed by atoms with Gasteiger partial charge in [0.2, 0.25) is 6.33 Å².